The van der Waals surface area contributed by atoms with Gasteiger partial charge in [0.05, 0.1) is 16.3 Å². The van der Waals surface area contributed by atoms with Crippen molar-refractivity contribution in [2.45, 2.75) is 57.6 Å². The quantitative estimate of drug-likeness (QED) is 0.366. The van der Waals surface area contributed by atoms with Crippen molar-refractivity contribution < 1.29 is 14.3 Å². The molecule has 3 aromatic rings. The van der Waals surface area contributed by atoms with Crippen LogP contribution < -0.4 is 15.0 Å². The maximum absolute atomic E-state index is 13.2. The second-order valence-corrected chi connectivity index (χ2v) is 10.3. The summed E-state index contributed by atoms with van der Waals surface area (Å²) in [6.45, 7) is 6.04. The van der Waals surface area contributed by atoms with Crippen LogP contribution in [-0.4, -0.2) is 25.1 Å². The minimum Gasteiger partial charge on any atom is -0.456 e. The Kier molecular flexibility index (Phi) is 5.83. The van der Waals surface area contributed by atoms with Gasteiger partial charge in [-0.15, -0.1) is 0 Å². The number of fused-ring (bicyclic) bond motifs is 6. The van der Waals surface area contributed by atoms with E-state index in [1.807, 2.05) is 48.5 Å². The number of nitrogens with zero attached hydrogens (tertiary/aromatic N) is 1. The summed E-state index contributed by atoms with van der Waals surface area (Å²) in [5.74, 6) is 0.970. The average molecular weight is 503 g/mol. The van der Waals surface area contributed by atoms with E-state index < -0.39 is 5.60 Å². The summed E-state index contributed by atoms with van der Waals surface area (Å²) >= 11 is 6.80. The average Bonchev–Trinajstić information content (AvgIpc) is 3.19. The monoisotopic (exact) mass is 502 g/mol. The number of carbonyl (C=O) groups is 1. The number of carbonyl (C=O) groups excluding carboxylic acids is 1. The molecule has 1 aliphatic carbocycles. The van der Waals surface area contributed by atoms with Crippen LogP contribution in [-0.2, 0) is 10.3 Å². The molecule has 1 N–H and O–H groups in total. The third-order valence-electron chi connectivity index (χ3n) is 7.88. The van der Waals surface area contributed by atoms with Gasteiger partial charge in [0.1, 0.15) is 11.5 Å². The van der Waals surface area contributed by atoms with E-state index >= 15 is 0 Å². The molecule has 5 nitrogen and oxygen atoms in total. The molecule has 1 unspecified atom stereocenters. The van der Waals surface area contributed by atoms with Gasteiger partial charge in [-0.3, -0.25) is 0 Å². The maximum Gasteiger partial charge on any atom is 0.340 e. The summed E-state index contributed by atoms with van der Waals surface area (Å²) in [6.07, 6.45) is 5.99. The normalized spacial score (nSPS) is 20.2. The fourth-order valence-corrected chi connectivity index (χ4v) is 6.25. The molecule has 1 spiro atoms. The number of esters is 1. The topological polar surface area (TPSA) is 50.8 Å². The SMILES string of the molecule is CCN(CC)c1ccc2c(c1)Oc1cc(Cl)c(NC3CCCCC3)cc1C21OC(=O)c2ccccc21. The third kappa shape index (κ3) is 3.55. The Morgan fingerprint density at radius 2 is 1.69 bits per heavy atom. The lowest BCUT2D eigenvalue weighted by Crippen LogP contribution is -2.33. The zero-order valence-electron chi connectivity index (χ0n) is 20.8. The lowest BCUT2D eigenvalue weighted by Gasteiger charge is -2.38. The van der Waals surface area contributed by atoms with Crippen molar-refractivity contribution in [3.8, 4) is 11.5 Å². The molecule has 0 aromatic heterocycles. The van der Waals surface area contributed by atoms with E-state index in [1.54, 1.807) is 0 Å². The van der Waals surface area contributed by atoms with Gasteiger partial charge < -0.3 is 19.7 Å². The van der Waals surface area contributed by atoms with Gasteiger partial charge in [0.15, 0.2) is 5.60 Å². The largest absolute Gasteiger partial charge is 0.456 e. The van der Waals surface area contributed by atoms with Crippen LogP contribution in [0.5, 0.6) is 11.5 Å². The molecule has 0 saturated heterocycles. The zero-order valence-corrected chi connectivity index (χ0v) is 21.5. The molecular formula is C30H31ClN2O3. The van der Waals surface area contributed by atoms with E-state index in [9.17, 15) is 4.79 Å². The highest BCUT2D eigenvalue weighted by Crippen LogP contribution is 2.57. The molecule has 1 atom stereocenters. The Bertz CT molecular complexity index is 1330. The van der Waals surface area contributed by atoms with Gasteiger partial charge >= 0.3 is 5.97 Å². The number of benzene rings is 3. The lowest BCUT2D eigenvalue weighted by atomic mass is 9.77. The van der Waals surface area contributed by atoms with Crippen molar-refractivity contribution in [2.24, 2.45) is 0 Å². The van der Waals surface area contributed by atoms with E-state index in [0.717, 1.165) is 54.0 Å². The van der Waals surface area contributed by atoms with E-state index in [2.05, 4.69) is 30.1 Å². The summed E-state index contributed by atoms with van der Waals surface area (Å²) < 4.78 is 12.8. The van der Waals surface area contributed by atoms with Crippen molar-refractivity contribution in [3.05, 3.63) is 81.9 Å². The van der Waals surface area contributed by atoms with Crippen LogP contribution in [0.25, 0.3) is 0 Å². The smallest absolute Gasteiger partial charge is 0.340 e. The van der Waals surface area contributed by atoms with Gasteiger partial charge in [-0.05, 0) is 51.0 Å². The van der Waals surface area contributed by atoms with Gasteiger partial charge in [-0.25, -0.2) is 4.79 Å². The fraction of sp³-hybridized carbons (Fsp3) is 0.367. The van der Waals surface area contributed by atoms with Gasteiger partial charge in [-0.1, -0.05) is 49.1 Å². The molecule has 36 heavy (non-hydrogen) atoms. The van der Waals surface area contributed by atoms with Crippen molar-refractivity contribution in [2.75, 3.05) is 23.3 Å². The molecule has 2 aliphatic heterocycles. The molecule has 1 fully saturated rings. The molecule has 3 aromatic carbocycles. The summed E-state index contributed by atoms with van der Waals surface area (Å²) in [6, 6.07) is 18.1. The molecule has 6 rings (SSSR count). The van der Waals surface area contributed by atoms with Crippen LogP contribution in [0.15, 0.2) is 54.6 Å². The predicted molar refractivity (Wildman–Crippen MR) is 144 cm³/mol. The van der Waals surface area contributed by atoms with Gasteiger partial charge in [0.2, 0.25) is 0 Å². The minimum absolute atomic E-state index is 0.325. The minimum atomic E-state index is -1.09. The molecule has 3 aliphatic rings. The maximum atomic E-state index is 13.2. The lowest BCUT2D eigenvalue weighted by molar-refractivity contribution is 0.0224. The first kappa shape index (κ1) is 23.2. The third-order valence-corrected chi connectivity index (χ3v) is 8.19. The Morgan fingerprint density at radius 3 is 2.47 bits per heavy atom. The summed E-state index contributed by atoms with van der Waals surface area (Å²) in [4.78, 5) is 15.5. The van der Waals surface area contributed by atoms with Gasteiger partial charge in [0.25, 0.3) is 0 Å². The van der Waals surface area contributed by atoms with E-state index in [0.29, 0.717) is 28.1 Å². The molecule has 0 radical (unpaired) electrons. The van der Waals surface area contributed by atoms with Crippen LogP contribution in [0.4, 0.5) is 11.4 Å². The van der Waals surface area contributed by atoms with Crippen molar-refractivity contribution in [1.29, 1.82) is 0 Å². The van der Waals surface area contributed by atoms with E-state index in [4.69, 9.17) is 21.1 Å². The van der Waals surface area contributed by atoms with Crippen LogP contribution in [0.1, 0.15) is 73.0 Å². The molecule has 186 valence electrons. The van der Waals surface area contributed by atoms with Crippen LogP contribution in [0.3, 0.4) is 0 Å². The van der Waals surface area contributed by atoms with Crippen LogP contribution >= 0.6 is 11.6 Å². The summed E-state index contributed by atoms with van der Waals surface area (Å²) in [7, 11) is 0. The Hall–Kier alpha value is -3.18. The Morgan fingerprint density at radius 1 is 0.944 bits per heavy atom. The fourth-order valence-electron chi connectivity index (χ4n) is 6.04. The van der Waals surface area contributed by atoms with Crippen LogP contribution in [0, 0.1) is 0 Å². The first-order chi connectivity index (χ1) is 17.5. The van der Waals surface area contributed by atoms with Gasteiger partial charge in [-0.2, -0.15) is 0 Å². The number of halogens is 1. The zero-order chi connectivity index (χ0) is 24.9. The highest BCUT2D eigenvalue weighted by Gasteiger charge is 2.53. The molecular weight excluding hydrogens is 472 g/mol. The molecule has 2 heterocycles. The van der Waals surface area contributed by atoms with Crippen molar-refractivity contribution >= 4 is 28.9 Å². The van der Waals surface area contributed by atoms with Gasteiger partial charge in [0, 0.05) is 53.6 Å². The second kappa shape index (κ2) is 9.04. The van der Waals surface area contributed by atoms with E-state index in [-0.39, 0.29) is 5.97 Å². The molecule has 1 saturated carbocycles. The predicted octanol–water partition coefficient (Wildman–Crippen LogP) is 7.50. The molecule has 0 amide bonds. The Balaban J connectivity index is 1.54. The number of ether oxygens (including phenoxy) is 2. The van der Waals surface area contributed by atoms with Crippen molar-refractivity contribution in [1.82, 2.24) is 0 Å². The Labute approximate surface area is 217 Å². The highest BCUT2D eigenvalue weighted by atomic mass is 35.5. The first-order valence-electron chi connectivity index (χ1n) is 13.1. The molecule has 6 heteroatoms. The first-order valence-corrected chi connectivity index (χ1v) is 13.4. The highest BCUT2D eigenvalue weighted by molar-refractivity contribution is 6.33. The van der Waals surface area contributed by atoms with E-state index in [1.165, 1.54) is 19.3 Å². The number of hydrogen-bond acceptors (Lipinski definition) is 5. The number of nitrogens with one attached hydrogen (secondary N) is 1. The number of hydrogen-bond donors (Lipinski definition) is 1. The van der Waals surface area contributed by atoms with Crippen LogP contribution in [0.2, 0.25) is 5.02 Å². The summed E-state index contributed by atoms with van der Waals surface area (Å²) in [5, 5.41) is 4.28. The molecule has 0 bridgehead atoms. The number of anilines is 2. The second-order valence-electron chi connectivity index (χ2n) is 9.88. The van der Waals surface area contributed by atoms with Crippen molar-refractivity contribution in [3.63, 3.8) is 0 Å². The standard InChI is InChI=1S/C30H31ClN2O3/c1-3-33(4-2)20-14-15-23-27(16-20)35-28-18-25(31)26(32-19-10-6-5-7-11-19)17-24(28)30(23)22-13-9-8-12-21(22)29(34)36-30/h8-9,12-19,32H,3-7,10-11H2,1-2H3. The summed E-state index contributed by atoms with van der Waals surface area (Å²) in [5.41, 5.74) is 3.88. The number of rotatable bonds is 5.